The van der Waals surface area contributed by atoms with E-state index >= 15 is 0 Å². The average Bonchev–Trinajstić information content (AvgIpc) is 2.63. The molecule has 0 aliphatic rings. The maximum Gasteiger partial charge on any atom is 0.338 e. The van der Waals surface area contributed by atoms with Crippen LogP contribution in [0.15, 0.2) is 48.5 Å². The lowest BCUT2D eigenvalue weighted by Gasteiger charge is -2.21. The van der Waals surface area contributed by atoms with E-state index in [2.05, 4.69) is 5.32 Å². The molecule has 0 saturated heterocycles. The van der Waals surface area contributed by atoms with Crippen LogP contribution in [-0.2, 0) is 20.9 Å². The van der Waals surface area contributed by atoms with Gasteiger partial charge in [0.15, 0.2) is 0 Å². The number of carbonyl (C=O) groups excluding carboxylic acids is 3. The first-order valence-corrected chi connectivity index (χ1v) is 8.46. The SMILES string of the molecule is CCOC(=O)c1ccc(NC(=O)CN(Cc2ccccc2F)C(C)=O)cc1. The molecule has 0 unspecified atom stereocenters. The fourth-order valence-corrected chi connectivity index (χ4v) is 2.39. The third-order valence-electron chi connectivity index (χ3n) is 3.78. The zero-order valence-electron chi connectivity index (χ0n) is 15.2. The van der Waals surface area contributed by atoms with E-state index in [0.717, 1.165) is 0 Å². The molecule has 142 valence electrons. The molecule has 0 radical (unpaired) electrons. The number of amides is 2. The molecule has 0 heterocycles. The van der Waals surface area contributed by atoms with Gasteiger partial charge in [-0.15, -0.1) is 0 Å². The molecule has 27 heavy (non-hydrogen) atoms. The van der Waals surface area contributed by atoms with Gasteiger partial charge in [-0.2, -0.15) is 0 Å². The third kappa shape index (κ3) is 5.91. The van der Waals surface area contributed by atoms with Gasteiger partial charge in [0.25, 0.3) is 0 Å². The van der Waals surface area contributed by atoms with Crippen LogP contribution < -0.4 is 5.32 Å². The Morgan fingerprint density at radius 3 is 2.33 bits per heavy atom. The molecule has 0 fully saturated rings. The molecule has 0 saturated carbocycles. The number of nitrogens with one attached hydrogen (secondary N) is 1. The van der Waals surface area contributed by atoms with E-state index in [-0.39, 0.29) is 25.6 Å². The smallest absolute Gasteiger partial charge is 0.338 e. The fraction of sp³-hybridized carbons (Fsp3) is 0.250. The predicted molar refractivity (Wildman–Crippen MR) is 98.5 cm³/mol. The van der Waals surface area contributed by atoms with E-state index in [9.17, 15) is 18.8 Å². The number of benzene rings is 2. The Labute approximate surface area is 156 Å². The first-order valence-electron chi connectivity index (χ1n) is 8.46. The van der Waals surface area contributed by atoms with Crippen molar-refractivity contribution >= 4 is 23.5 Å². The molecule has 7 heteroatoms. The van der Waals surface area contributed by atoms with Crippen LogP contribution in [0.5, 0.6) is 0 Å². The van der Waals surface area contributed by atoms with Crippen LogP contribution in [0, 0.1) is 5.82 Å². The van der Waals surface area contributed by atoms with Gasteiger partial charge < -0.3 is 15.0 Å². The zero-order valence-corrected chi connectivity index (χ0v) is 15.2. The van der Waals surface area contributed by atoms with Crippen LogP contribution in [0.2, 0.25) is 0 Å². The summed E-state index contributed by atoms with van der Waals surface area (Å²) in [5, 5.41) is 2.65. The van der Waals surface area contributed by atoms with E-state index in [0.29, 0.717) is 16.8 Å². The molecule has 0 atom stereocenters. The van der Waals surface area contributed by atoms with Gasteiger partial charge in [-0.3, -0.25) is 9.59 Å². The van der Waals surface area contributed by atoms with Crippen LogP contribution in [-0.4, -0.2) is 35.8 Å². The minimum atomic E-state index is -0.442. The monoisotopic (exact) mass is 372 g/mol. The van der Waals surface area contributed by atoms with E-state index in [1.807, 2.05) is 0 Å². The normalized spacial score (nSPS) is 10.2. The van der Waals surface area contributed by atoms with Gasteiger partial charge >= 0.3 is 5.97 Å². The van der Waals surface area contributed by atoms with Crippen molar-refractivity contribution in [3.8, 4) is 0 Å². The maximum atomic E-state index is 13.8. The van der Waals surface area contributed by atoms with E-state index in [1.54, 1.807) is 37.3 Å². The average molecular weight is 372 g/mol. The second kappa shape index (κ2) is 9.47. The molecule has 2 rings (SSSR count). The van der Waals surface area contributed by atoms with Crippen molar-refractivity contribution in [1.82, 2.24) is 4.90 Å². The van der Waals surface area contributed by atoms with Gasteiger partial charge in [0.2, 0.25) is 11.8 Å². The molecule has 0 bridgehead atoms. The molecule has 2 aromatic rings. The zero-order chi connectivity index (χ0) is 19.8. The molecule has 2 amide bonds. The summed E-state index contributed by atoms with van der Waals surface area (Å²) in [4.78, 5) is 36.9. The summed E-state index contributed by atoms with van der Waals surface area (Å²) in [7, 11) is 0. The predicted octanol–water partition coefficient (Wildman–Crippen LogP) is 2.99. The summed E-state index contributed by atoms with van der Waals surface area (Å²) in [5.41, 5.74) is 1.18. The van der Waals surface area contributed by atoms with E-state index < -0.39 is 17.7 Å². The highest BCUT2D eigenvalue weighted by Gasteiger charge is 2.16. The van der Waals surface area contributed by atoms with Crippen molar-refractivity contribution in [1.29, 1.82) is 0 Å². The summed E-state index contributed by atoms with van der Waals surface area (Å²) in [6, 6.07) is 12.3. The highest BCUT2D eigenvalue weighted by molar-refractivity contribution is 5.95. The number of hydrogen-bond acceptors (Lipinski definition) is 4. The van der Waals surface area contributed by atoms with Crippen molar-refractivity contribution in [3.05, 3.63) is 65.5 Å². The number of halogens is 1. The Hall–Kier alpha value is -3.22. The Kier molecular flexibility index (Phi) is 7.05. The molecule has 0 aliphatic heterocycles. The molecular formula is C20H21FN2O4. The Balaban J connectivity index is 1.98. The summed E-state index contributed by atoms with van der Waals surface area (Å²) in [5.74, 6) is -1.64. The van der Waals surface area contributed by atoms with Crippen molar-refractivity contribution in [2.45, 2.75) is 20.4 Å². The lowest BCUT2D eigenvalue weighted by molar-refractivity contribution is -0.133. The van der Waals surface area contributed by atoms with Crippen molar-refractivity contribution in [2.75, 3.05) is 18.5 Å². The van der Waals surface area contributed by atoms with Crippen LogP contribution >= 0.6 is 0 Å². The van der Waals surface area contributed by atoms with Gasteiger partial charge in [-0.05, 0) is 37.3 Å². The molecule has 0 aliphatic carbocycles. The fourth-order valence-electron chi connectivity index (χ4n) is 2.39. The number of hydrogen-bond donors (Lipinski definition) is 1. The van der Waals surface area contributed by atoms with Crippen molar-refractivity contribution < 1.29 is 23.5 Å². The third-order valence-corrected chi connectivity index (χ3v) is 3.78. The van der Waals surface area contributed by atoms with Crippen LogP contribution in [0.4, 0.5) is 10.1 Å². The quantitative estimate of drug-likeness (QED) is 0.758. The number of rotatable bonds is 7. The Morgan fingerprint density at radius 2 is 1.74 bits per heavy atom. The molecule has 2 aromatic carbocycles. The number of anilines is 1. The lowest BCUT2D eigenvalue weighted by atomic mass is 10.2. The topological polar surface area (TPSA) is 75.7 Å². The minimum Gasteiger partial charge on any atom is -0.462 e. The molecular weight excluding hydrogens is 351 g/mol. The van der Waals surface area contributed by atoms with Gasteiger partial charge in [0, 0.05) is 24.7 Å². The summed E-state index contributed by atoms with van der Waals surface area (Å²) in [6.45, 7) is 3.09. The minimum absolute atomic E-state index is 0.00276. The highest BCUT2D eigenvalue weighted by Crippen LogP contribution is 2.13. The number of ether oxygens (including phenoxy) is 1. The molecule has 1 N–H and O–H groups in total. The second-order valence-electron chi connectivity index (χ2n) is 5.81. The van der Waals surface area contributed by atoms with Crippen LogP contribution in [0.3, 0.4) is 0 Å². The van der Waals surface area contributed by atoms with Crippen molar-refractivity contribution in [2.24, 2.45) is 0 Å². The van der Waals surface area contributed by atoms with Gasteiger partial charge in [-0.1, -0.05) is 18.2 Å². The first kappa shape index (κ1) is 20.1. The maximum absolute atomic E-state index is 13.8. The van der Waals surface area contributed by atoms with Crippen LogP contribution in [0.25, 0.3) is 0 Å². The summed E-state index contributed by atoms with van der Waals surface area (Å²) >= 11 is 0. The van der Waals surface area contributed by atoms with Crippen LogP contribution in [0.1, 0.15) is 29.8 Å². The highest BCUT2D eigenvalue weighted by atomic mass is 19.1. The molecule has 0 aromatic heterocycles. The molecule has 0 spiro atoms. The standard InChI is InChI=1S/C20H21FN2O4/c1-3-27-20(26)15-8-10-17(11-9-15)22-19(25)13-23(14(2)24)12-16-6-4-5-7-18(16)21/h4-11H,3,12-13H2,1-2H3,(H,22,25). The number of carbonyl (C=O) groups is 3. The summed E-state index contributed by atoms with van der Waals surface area (Å²) < 4.78 is 18.7. The van der Waals surface area contributed by atoms with Gasteiger partial charge in [0.1, 0.15) is 12.4 Å². The van der Waals surface area contributed by atoms with Gasteiger partial charge in [0.05, 0.1) is 12.2 Å². The Morgan fingerprint density at radius 1 is 1.07 bits per heavy atom. The van der Waals surface area contributed by atoms with Gasteiger partial charge in [-0.25, -0.2) is 9.18 Å². The number of esters is 1. The number of nitrogens with zero attached hydrogens (tertiary/aromatic N) is 1. The van der Waals surface area contributed by atoms with E-state index in [4.69, 9.17) is 4.74 Å². The Bertz CT molecular complexity index is 821. The first-order chi connectivity index (χ1) is 12.9. The lowest BCUT2D eigenvalue weighted by Crippen LogP contribution is -2.36. The largest absolute Gasteiger partial charge is 0.462 e. The summed E-state index contributed by atoms with van der Waals surface area (Å²) in [6.07, 6.45) is 0. The van der Waals surface area contributed by atoms with Crippen molar-refractivity contribution in [3.63, 3.8) is 0 Å². The molecule has 6 nitrogen and oxygen atoms in total. The van der Waals surface area contributed by atoms with E-state index in [1.165, 1.54) is 30.0 Å². The second-order valence-corrected chi connectivity index (χ2v) is 5.81.